The number of nitrogens with two attached hydrogens (primary N) is 2. The van der Waals surface area contributed by atoms with Crippen molar-refractivity contribution >= 4 is 76.4 Å². The van der Waals surface area contributed by atoms with Crippen LogP contribution in [0.25, 0.3) is 0 Å². The molecule has 0 saturated heterocycles. The van der Waals surface area contributed by atoms with E-state index in [0.717, 1.165) is 5.56 Å². The summed E-state index contributed by atoms with van der Waals surface area (Å²) in [5.41, 5.74) is 13.1. The highest BCUT2D eigenvalue weighted by Crippen LogP contribution is 2.23. The molecule has 0 heterocycles. The highest BCUT2D eigenvalue weighted by atomic mass is 16.4. The maximum Gasteiger partial charge on any atom is 0.323 e. The number of ketones is 3. The maximum absolute atomic E-state index is 14.1. The Morgan fingerprint density at radius 1 is 0.647 bits per heavy atom. The lowest BCUT2D eigenvalue weighted by Gasteiger charge is -2.27. The number of anilines is 2. The van der Waals surface area contributed by atoms with E-state index in [4.69, 9.17) is 11.5 Å². The molecule has 0 aliphatic carbocycles. The van der Waals surface area contributed by atoms with Crippen LogP contribution in [0.3, 0.4) is 0 Å². The highest BCUT2D eigenvalue weighted by molar-refractivity contribution is 6.00. The Morgan fingerprint density at radius 2 is 1.28 bits per heavy atom. The molecule has 21 nitrogen and oxygen atoms in total. The van der Waals surface area contributed by atoms with Gasteiger partial charge in [-0.05, 0) is 74.3 Å². The Hall–Kier alpha value is -7.19. The lowest BCUT2D eigenvalue weighted by Crippen LogP contribution is -2.49. The molecule has 0 spiro atoms. The van der Waals surface area contributed by atoms with Gasteiger partial charge < -0.3 is 53.4 Å². The second kappa shape index (κ2) is 29.4. The molecular weight excluding hydrogens is 887 g/mol. The average Bonchev–Trinajstić information content (AvgIpc) is 3.26. The summed E-state index contributed by atoms with van der Waals surface area (Å²) in [5, 5.41) is 41.2. The van der Waals surface area contributed by atoms with Crippen molar-refractivity contribution < 1.29 is 68.1 Å². The third kappa shape index (κ3) is 21.9. The zero-order valence-electron chi connectivity index (χ0n) is 38.7. The number of carboxylic acid groups (broad SMARTS) is 3. The zero-order valence-corrected chi connectivity index (χ0v) is 38.7. The van der Waals surface area contributed by atoms with Gasteiger partial charge in [-0.1, -0.05) is 57.0 Å². The fraction of sp³-hybridized carbons (Fsp3) is 0.511. The number of nitrogens with one attached hydrogen (secondary N) is 5. The summed E-state index contributed by atoms with van der Waals surface area (Å²) in [7, 11) is 0. The van der Waals surface area contributed by atoms with E-state index in [-0.39, 0.29) is 63.7 Å². The fourth-order valence-electron chi connectivity index (χ4n) is 7.29. The molecule has 68 heavy (non-hydrogen) atoms. The van der Waals surface area contributed by atoms with E-state index in [1.807, 2.05) is 19.1 Å². The van der Waals surface area contributed by atoms with Gasteiger partial charge in [0.15, 0.2) is 11.6 Å². The molecule has 2 rings (SSSR count). The molecule has 0 aliphatic rings. The van der Waals surface area contributed by atoms with Crippen LogP contribution in [0.5, 0.6) is 0 Å². The number of rotatable bonds is 33. The quantitative estimate of drug-likeness (QED) is 0.0455. The lowest BCUT2D eigenvalue weighted by molar-refractivity contribution is -0.149. The van der Waals surface area contributed by atoms with E-state index in [0.29, 0.717) is 36.2 Å². The first-order valence-electron chi connectivity index (χ1n) is 22.5. The van der Waals surface area contributed by atoms with Crippen LogP contribution in [0.2, 0.25) is 0 Å². The molecular formula is C47H65N7O14. The van der Waals surface area contributed by atoms with Crippen LogP contribution < -0.4 is 38.1 Å². The summed E-state index contributed by atoms with van der Waals surface area (Å²) >= 11 is 0. The van der Waals surface area contributed by atoms with Crippen molar-refractivity contribution in [2.45, 2.75) is 123 Å². The maximum atomic E-state index is 14.1. The van der Waals surface area contributed by atoms with E-state index < -0.39 is 114 Å². The van der Waals surface area contributed by atoms with E-state index in [2.05, 4.69) is 26.6 Å². The third-order valence-electron chi connectivity index (χ3n) is 11.4. The van der Waals surface area contributed by atoms with Crippen molar-refractivity contribution in [3.05, 3.63) is 59.7 Å². The molecule has 372 valence electrons. The first kappa shape index (κ1) is 56.9. The Labute approximate surface area is 394 Å². The van der Waals surface area contributed by atoms with Crippen LogP contribution in [-0.2, 0) is 49.6 Å². The Bertz CT molecular complexity index is 2110. The van der Waals surface area contributed by atoms with Gasteiger partial charge in [0, 0.05) is 68.3 Å². The van der Waals surface area contributed by atoms with Gasteiger partial charge in [-0.15, -0.1) is 0 Å². The lowest BCUT2D eigenvalue weighted by atomic mass is 9.87. The third-order valence-corrected chi connectivity index (χ3v) is 11.4. The largest absolute Gasteiger partial charge is 0.481 e. The summed E-state index contributed by atoms with van der Waals surface area (Å²) < 4.78 is 0. The number of para-hydroxylation sites is 1. The number of Topliss-reactive ketones (excluding diaryl/α,β-unsaturated/α-hetero) is 3. The molecule has 0 aliphatic heterocycles. The van der Waals surface area contributed by atoms with Crippen LogP contribution in [0, 0.1) is 30.6 Å². The molecule has 7 amide bonds. The number of carboxylic acids is 3. The smallest absolute Gasteiger partial charge is 0.323 e. The standard InChI is InChI=1S/C47H65N7O14/c1-4-27(2)42(38(57)25-32(45(65)66)26-41(61)62)54-44(64)31(17-20-39(48)58)24-37(56)36(13-9-14-40(59)60)52-43(63)30(11-7-8-21-50-46(49)67)23-34(55)22-29-15-18-33(19-16-29)51-47(68)53-35-12-6-5-10-28(35)3/h5-6,10,12,15-16,18-19,27,30-32,36,42H,4,7-9,11,13-14,17,20-26H2,1-3H3,(H2,48,58)(H,52,63)(H,54,64)(H,59,60)(H,61,62)(H,65,66)(H3,49,50,67)(H2,51,53,68)/t27?,30-,31-,32+,36+,42+/m1/s1. The molecule has 1 unspecified atom stereocenters. The second-order valence-electron chi connectivity index (χ2n) is 16.9. The minimum atomic E-state index is -1.59. The van der Waals surface area contributed by atoms with Crippen molar-refractivity contribution in [3.8, 4) is 0 Å². The molecule has 2 aromatic rings. The first-order valence-corrected chi connectivity index (χ1v) is 22.5. The molecule has 0 fully saturated rings. The van der Waals surface area contributed by atoms with Gasteiger partial charge in [0.1, 0.15) is 5.78 Å². The van der Waals surface area contributed by atoms with Gasteiger partial charge in [0.25, 0.3) is 0 Å². The van der Waals surface area contributed by atoms with E-state index in [9.17, 15) is 68.1 Å². The van der Waals surface area contributed by atoms with E-state index in [1.165, 1.54) is 0 Å². The van der Waals surface area contributed by atoms with Crippen molar-refractivity contribution in [2.24, 2.45) is 35.1 Å². The van der Waals surface area contributed by atoms with Crippen molar-refractivity contribution in [2.75, 3.05) is 17.2 Å². The summed E-state index contributed by atoms with van der Waals surface area (Å²) in [6, 6.07) is 9.84. The number of hydrogen-bond donors (Lipinski definition) is 10. The zero-order chi connectivity index (χ0) is 50.9. The number of urea groups is 2. The normalized spacial score (nSPS) is 13.5. The molecule has 21 heteroatoms. The van der Waals surface area contributed by atoms with Crippen LogP contribution >= 0.6 is 0 Å². The minimum Gasteiger partial charge on any atom is -0.481 e. The average molecular weight is 952 g/mol. The number of benzene rings is 2. The first-order chi connectivity index (χ1) is 32.1. The van der Waals surface area contributed by atoms with E-state index in [1.54, 1.807) is 50.2 Å². The molecule has 12 N–H and O–H groups in total. The van der Waals surface area contributed by atoms with Crippen LogP contribution in [0.15, 0.2) is 48.5 Å². The fourth-order valence-corrected chi connectivity index (χ4v) is 7.29. The Morgan fingerprint density at radius 3 is 1.87 bits per heavy atom. The Kier molecular flexibility index (Phi) is 24.7. The summed E-state index contributed by atoms with van der Waals surface area (Å²) in [6.45, 7) is 5.33. The molecule has 0 saturated carbocycles. The van der Waals surface area contributed by atoms with Gasteiger partial charge in [-0.25, -0.2) is 9.59 Å². The molecule has 0 radical (unpaired) electrons. The number of carbonyl (C=O) groups is 11. The number of hydrogen-bond acceptors (Lipinski definition) is 11. The molecule has 6 atom stereocenters. The number of aliphatic carboxylic acids is 3. The van der Waals surface area contributed by atoms with Gasteiger partial charge in [0.05, 0.1) is 24.4 Å². The summed E-state index contributed by atoms with van der Waals surface area (Å²) in [4.78, 5) is 139. The number of amides is 7. The van der Waals surface area contributed by atoms with Crippen LogP contribution in [-0.4, -0.2) is 99.0 Å². The van der Waals surface area contributed by atoms with Crippen LogP contribution in [0.4, 0.5) is 21.0 Å². The van der Waals surface area contributed by atoms with Gasteiger partial charge in [0.2, 0.25) is 17.7 Å². The van der Waals surface area contributed by atoms with E-state index >= 15 is 0 Å². The topological polar surface area (TPSA) is 361 Å². The molecule has 2 aromatic carbocycles. The van der Waals surface area contributed by atoms with Gasteiger partial charge in [-0.2, -0.15) is 0 Å². The number of carbonyl (C=O) groups excluding carboxylic acids is 8. The number of primary amides is 2. The van der Waals surface area contributed by atoms with Crippen molar-refractivity contribution in [1.29, 1.82) is 0 Å². The summed E-state index contributed by atoms with van der Waals surface area (Å²) in [5.74, 6) is -12.9. The summed E-state index contributed by atoms with van der Waals surface area (Å²) in [6.07, 6.45) is -2.73. The molecule has 0 bridgehead atoms. The molecule has 0 aromatic heterocycles. The Balaban J connectivity index is 2.33. The van der Waals surface area contributed by atoms with Gasteiger partial charge in [-0.3, -0.25) is 43.2 Å². The van der Waals surface area contributed by atoms with Crippen molar-refractivity contribution in [3.63, 3.8) is 0 Å². The monoisotopic (exact) mass is 951 g/mol. The second-order valence-corrected chi connectivity index (χ2v) is 16.9. The number of aryl methyl sites for hydroxylation is 1. The highest BCUT2D eigenvalue weighted by Gasteiger charge is 2.35. The van der Waals surface area contributed by atoms with Crippen molar-refractivity contribution in [1.82, 2.24) is 16.0 Å². The predicted molar refractivity (Wildman–Crippen MR) is 248 cm³/mol. The SMILES string of the molecule is CCC(C)[C@H](NC(=O)[C@H](CCC(N)=O)CC(=O)[C@H](CCCC(=O)O)NC(=O)[C@H](CCCCNC(N)=O)CC(=O)Cc1ccc(NC(=O)Nc2ccccc2C)cc1)C(=O)C[C@@H](CC(=O)O)C(=O)O. The minimum absolute atomic E-state index is 0.0867. The predicted octanol–water partition coefficient (Wildman–Crippen LogP) is 3.84. The number of unbranched alkanes of at least 4 members (excludes halogenated alkanes) is 1. The van der Waals surface area contributed by atoms with Crippen LogP contribution in [0.1, 0.15) is 108 Å². The van der Waals surface area contributed by atoms with Gasteiger partial charge >= 0.3 is 30.0 Å².